The fourth-order valence-electron chi connectivity index (χ4n) is 2.04. The smallest absolute Gasteiger partial charge is 0.109 e. The monoisotopic (exact) mass is 281 g/mol. The lowest BCUT2D eigenvalue weighted by molar-refractivity contribution is 0.496. The van der Waals surface area contributed by atoms with Gasteiger partial charge in [0.1, 0.15) is 5.01 Å². The van der Waals surface area contributed by atoms with Crippen LogP contribution in [-0.2, 0) is 0 Å². The van der Waals surface area contributed by atoms with Gasteiger partial charge in [0.25, 0.3) is 0 Å². The summed E-state index contributed by atoms with van der Waals surface area (Å²) in [5.41, 5.74) is 1.14. The molecule has 0 aliphatic rings. The maximum atomic E-state index is 4.48. The quantitative estimate of drug-likeness (QED) is 0.922. The maximum Gasteiger partial charge on any atom is 0.109 e. The van der Waals surface area contributed by atoms with E-state index in [1.165, 1.54) is 9.75 Å². The summed E-state index contributed by atoms with van der Waals surface area (Å²) in [7, 11) is 0. The Morgan fingerprint density at radius 1 is 1.11 bits per heavy atom. The number of hydrogen-bond donors (Lipinski definition) is 1. The molecular formula is C13H19N3S2. The third kappa shape index (κ3) is 2.96. The van der Waals surface area contributed by atoms with E-state index < -0.39 is 0 Å². The van der Waals surface area contributed by atoms with Crippen molar-refractivity contribution in [3.8, 4) is 0 Å². The van der Waals surface area contributed by atoms with E-state index in [-0.39, 0.29) is 6.04 Å². The zero-order valence-corrected chi connectivity index (χ0v) is 13.1. The molecule has 0 saturated heterocycles. The van der Waals surface area contributed by atoms with E-state index in [1.807, 2.05) is 6.20 Å². The fraction of sp³-hybridized carbons (Fsp3) is 0.538. The number of aryl methyl sites for hydroxylation is 3. The fourth-order valence-corrected chi connectivity index (χ4v) is 3.77. The van der Waals surface area contributed by atoms with Gasteiger partial charge in [0.05, 0.1) is 16.7 Å². The largest absolute Gasteiger partial charge is 0.301 e. The Kier molecular flexibility index (Phi) is 4.14. The lowest BCUT2D eigenvalue weighted by Gasteiger charge is -2.17. The van der Waals surface area contributed by atoms with Gasteiger partial charge in [-0.3, -0.25) is 0 Å². The molecule has 0 saturated carbocycles. The molecule has 0 amide bonds. The number of thiazole rings is 2. The van der Waals surface area contributed by atoms with Crippen molar-refractivity contribution < 1.29 is 0 Å². The van der Waals surface area contributed by atoms with Crippen LogP contribution < -0.4 is 5.32 Å². The van der Waals surface area contributed by atoms with E-state index >= 15 is 0 Å². The van der Waals surface area contributed by atoms with Crippen LogP contribution in [0.4, 0.5) is 0 Å². The average Bonchev–Trinajstić information content (AvgIpc) is 2.84. The van der Waals surface area contributed by atoms with Crippen LogP contribution in [0.2, 0.25) is 0 Å². The minimum atomic E-state index is 0.278. The Labute approximate surface area is 116 Å². The second-order valence-electron chi connectivity index (χ2n) is 4.60. The van der Waals surface area contributed by atoms with Crippen LogP contribution in [0.25, 0.3) is 0 Å². The zero-order valence-electron chi connectivity index (χ0n) is 11.4. The number of rotatable bonds is 4. The van der Waals surface area contributed by atoms with E-state index in [0.717, 1.165) is 15.7 Å². The van der Waals surface area contributed by atoms with Gasteiger partial charge in [0.2, 0.25) is 0 Å². The number of hydrogen-bond acceptors (Lipinski definition) is 5. The molecule has 5 heteroatoms. The van der Waals surface area contributed by atoms with Crippen molar-refractivity contribution in [2.75, 3.05) is 0 Å². The van der Waals surface area contributed by atoms with Gasteiger partial charge in [0, 0.05) is 22.0 Å². The average molecular weight is 281 g/mol. The Balaban J connectivity index is 2.07. The normalized spacial score (nSPS) is 14.7. The molecule has 2 unspecified atom stereocenters. The Bertz CT molecular complexity index is 530. The Morgan fingerprint density at radius 2 is 1.83 bits per heavy atom. The predicted molar refractivity (Wildman–Crippen MR) is 78.4 cm³/mol. The molecule has 0 spiro atoms. The maximum absolute atomic E-state index is 4.48. The van der Waals surface area contributed by atoms with E-state index in [9.17, 15) is 0 Å². The van der Waals surface area contributed by atoms with Gasteiger partial charge in [-0.05, 0) is 34.6 Å². The molecule has 0 radical (unpaired) electrons. The predicted octanol–water partition coefficient (Wildman–Crippen LogP) is 3.94. The van der Waals surface area contributed by atoms with Crippen molar-refractivity contribution in [1.82, 2.24) is 15.3 Å². The summed E-state index contributed by atoms with van der Waals surface area (Å²) in [6.45, 7) is 10.6. The van der Waals surface area contributed by atoms with Gasteiger partial charge in [-0.25, -0.2) is 9.97 Å². The second kappa shape index (κ2) is 5.47. The molecule has 2 heterocycles. The highest BCUT2D eigenvalue weighted by Crippen LogP contribution is 2.27. The first-order valence-electron chi connectivity index (χ1n) is 6.09. The van der Waals surface area contributed by atoms with Gasteiger partial charge < -0.3 is 5.32 Å². The third-order valence-corrected chi connectivity index (χ3v) is 5.19. The molecule has 3 nitrogen and oxygen atoms in total. The standard InChI is InChI=1S/C13H19N3S2/c1-7-6-14-13(17-7)10(4)15-8(2)12-9(3)16-11(5)18-12/h6,8,10,15H,1-5H3. The summed E-state index contributed by atoms with van der Waals surface area (Å²) in [4.78, 5) is 11.5. The van der Waals surface area contributed by atoms with E-state index in [4.69, 9.17) is 0 Å². The second-order valence-corrected chi connectivity index (χ2v) is 7.10. The topological polar surface area (TPSA) is 37.8 Å². The summed E-state index contributed by atoms with van der Waals surface area (Å²) in [6, 6.07) is 0.593. The molecule has 1 N–H and O–H groups in total. The number of aromatic nitrogens is 2. The first kappa shape index (κ1) is 13.6. The van der Waals surface area contributed by atoms with Crippen molar-refractivity contribution in [3.63, 3.8) is 0 Å². The summed E-state index contributed by atoms with van der Waals surface area (Å²) in [5, 5.41) is 5.88. The summed E-state index contributed by atoms with van der Waals surface area (Å²) in [5.74, 6) is 0. The van der Waals surface area contributed by atoms with Gasteiger partial charge in [0.15, 0.2) is 0 Å². The molecule has 2 atom stereocenters. The lowest BCUT2D eigenvalue weighted by Crippen LogP contribution is -2.22. The minimum absolute atomic E-state index is 0.278. The lowest BCUT2D eigenvalue weighted by atomic mass is 10.2. The highest BCUT2D eigenvalue weighted by atomic mass is 32.1. The summed E-state index contributed by atoms with van der Waals surface area (Å²) >= 11 is 3.53. The van der Waals surface area contributed by atoms with Crippen LogP contribution in [0.5, 0.6) is 0 Å². The minimum Gasteiger partial charge on any atom is -0.301 e. The third-order valence-electron chi connectivity index (χ3n) is 2.84. The van der Waals surface area contributed by atoms with Crippen LogP contribution in [0.1, 0.15) is 51.4 Å². The molecule has 0 aliphatic heterocycles. The van der Waals surface area contributed by atoms with Crippen molar-refractivity contribution >= 4 is 22.7 Å². The molecule has 2 rings (SSSR count). The van der Waals surface area contributed by atoms with Gasteiger partial charge in [-0.2, -0.15) is 0 Å². The van der Waals surface area contributed by atoms with Crippen molar-refractivity contribution in [2.24, 2.45) is 0 Å². The molecule has 2 aromatic rings. The van der Waals surface area contributed by atoms with E-state index in [2.05, 4.69) is 49.9 Å². The van der Waals surface area contributed by atoms with Gasteiger partial charge in [-0.15, -0.1) is 22.7 Å². The Hall–Kier alpha value is -0.780. The van der Waals surface area contributed by atoms with Crippen LogP contribution in [0, 0.1) is 20.8 Å². The summed E-state index contributed by atoms with van der Waals surface area (Å²) < 4.78 is 0. The molecular weight excluding hydrogens is 262 g/mol. The van der Waals surface area contributed by atoms with E-state index in [1.54, 1.807) is 22.7 Å². The molecule has 0 bridgehead atoms. The first-order chi connectivity index (χ1) is 8.47. The van der Waals surface area contributed by atoms with Crippen LogP contribution in [0.15, 0.2) is 6.20 Å². The SMILES string of the molecule is Cc1cnc(C(C)NC(C)c2sc(C)nc2C)s1. The highest BCUT2D eigenvalue weighted by molar-refractivity contribution is 7.12. The summed E-state index contributed by atoms with van der Waals surface area (Å²) in [6.07, 6.45) is 1.94. The van der Waals surface area contributed by atoms with Crippen molar-refractivity contribution in [3.05, 3.63) is 31.7 Å². The van der Waals surface area contributed by atoms with Gasteiger partial charge >= 0.3 is 0 Å². The molecule has 0 fully saturated rings. The zero-order chi connectivity index (χ0) is 13.3. The number of nitrogens with zero attached hydrogens (tertiary/aromatic N) is 2. The van der Waals surface area contributed by atoms with E-state index in [0.29, 0.717) is 6.04 Å². The molecule has 98 valence electrons. The first-order valence-corrected chi connectivity index (χ1v) is 7.73. The molecule has 0 aromatic carbocycles. The molecule has 0 aliphatic carbocycles. The Morgan fingerprint density at radius 3 is 2.33 bits per heavy atom. The van der Waals surface area contributed by atoms with Crippen molar-refractivity contribution in [1.29, 1.82) is 0 Å². The van der Waals surface area contributed by atoms with Crippen LogP contribution in [0.3, 0.4) is 0 Å². The highest BCUT2D eigenvalue weighted by Gasteiger charge is 2.17. The van der Waals surface area contributed by atoms with Crippen LogP contribution >= 0.6 is 22.7 Å². The number of nitrogens with one attached hydrogen (secondary N) is 1. The van der Waals surface area contributed by atoms with Crippen LogP contribution in [-0.4, -0.2) is 9.97 Å². The van der Waals surface area contributed by atoms with Gasteiger partial charge in [-0.1, -0.05) is 0 Å². The van der Waals surface area contributed by atoms with Crippen molar-refractivity contribution in [2.45, 2.75) is 46.7 Å². The molecule has 18 heavy (non-hydrogen) atoms. The molecule has 2 aromatic heterocycles.